The summed E-state index contributed by atoms with van der Waals surface area (Å²) in [7, 11) is 1.65. The van der Waals surface area contributed by atoms with Crippen LogP contribution >= 0.6 is 0 Å². The van der Waals surface area contributed by atoms with Crippen molar-refractivity contribution in [1.82, 2.24) is 0 Å². The van der Waals surface area contributed by atoms with E-state index in [0.717, 1.165) is 33.8 Å². The molecule has 3 nitrogen and oxygen atoms in total. The molecule has 0 radical (unpaired) electrons. The Hall–Kier alpha value is -2.52. The average Bonchev–Trinajstić information content (AvgIpc) is 3.08. The van der Waals surface area contributed by atoms with Crippen LogP contribution in [0, 0.1) is 0 Å². The molecular formula is C18H16O3. The molecule has 0 unspecified atom stereocenters. The molecule has 0 amide bonds. The molecule has 0 aliphatic rings. The van der Waals surface area contributed by atoms with Crippen molar-refractivity contribution in [1.29, 1.82) is 0 Å². The number of methoxy groups -OCH3 is 1. The van der Waals surface area contributed by atoms with Crippen molar-refractivity contribution >= 4 is 0 Å². The molecule has 1 N–H and O–H groups in total. The fourth-order valence-electron chi connectivity index (χ4n) is 2.44. The molecule has 0 fully saturated rings. The van der Waals surface area contributed by atoms with Crippen LogP contribution in [0.4, 0.5) is 0 Å². The van der Waals surface area contributed by atoms with Crippen molar-refractivity contribution in [2.24, 2.45) is 0 Å². The lowest BCUT2D eigenvalue weighted by Crippen LogP contribution is -1.93. The smallest absolute Gasteiger partial charge is 0.133 e. The van der Waals surface area contributed by atoms with E-state index in [-0.39, 0.29) is 6.61 Å². The van der Waals surface area contributed by atoms with Gasteiger partial charge in [0.2, 0.25) is 0 Å². The third-order valence-corrected chi connectivity index (χ3v) is 3.48. The van der Waals surface area contributed by atoms with Crippen molar-refractivity contribution < 1.29 is 14.3 Å². The number of furan rings is 1. The second-order valence-electron chi connectivity index (χ2n) is 4.71. The van der Waals surface area contributed by atoms with Crippen molar-refractivity contribution in [3.63, 3.8) is 0 Å². The second-order valence-corrected chi connectivity index (χ2v) is 4.71. The Bertz CT molecular complexity index is 730. The van der Waals surface area contributed by atoms with Gasteiger partial charge in [0.1, 0.15) is 11.5 Å². The predicted octanol–water partition coefficient (Wildman–Crippen LogP) is 4.11. The summed E-state index contributed by atoms with van der Waals surface area (Å²) in [5.74, 6) is 1.58. The zero-order chi connectivity index (χ0) is 14.7. The van der Waals surface area contributed by atoms with E-state index in [4.69, 9.17) is 9.15 Å². The largest absolute Gasteiger partial charge is 0.496 e. The van der Waals surface area contributed by atoms with Gasteiger partial charge in [-0.05, 0) is 41.5 Å². The molecule has 106 valence electrons. The highest BCUT2D eigenvalue weighted by atomic mass is 16.5. The van der Waals surface area contributed by atoms with Crippen molar-refractivity contribution in [2.45, 2.75) is 6.61 Å². The molecule has 0 bridgehead atoms. The normalized spacial score (nSPS) is 10.6. The van der Waals surface area contributed by atoms with Gasteiger partial charge in [-0.15, -0.1) is 0 Å². The minimum Gasteiger partial charge on any atom is -0.496 e. The van der Waals surface area contributed by atoms with Gasteiger partial charge in [0.25, 0.3) is 0 Å². The summed E-state index contributed by atoms with van der Waals surface area (Å²) in [5.41, 5.74) is 3.75. The fourth-order valence-corrected chi connectivity index (χ4v) is 2.44. The van der Waals surface area contributed by atoms with E-state index in [2.05, 4.69) is 0 Å². The highest BCUT2D eigenvalue weighted by Crippen LogP contribution is 2.36. The van der Waals surface area contributed by atoms with Gasteiger partial charge in [-0.3, -0.25) is 0 Å². The molecule has 0 spiro atoms. The number of aliphatic hydroxyl groups is 1. The van der Waals surface area contributed by atoms with Gasteiger partial charge in [-0.1, -0.05) is 24.3 Å². The van der Waals surface area contributed by atoms with E-state index in [1.165, 1.54) is 0 Å². The molecule has 0 aliphatic heterocycles. The monoisotopic (exact) mass is 280 g/mol. The lowest BCUT2D eigenvalue weighted by Gasteiger charge is -2.13. The summed E-state index contributed by atoms with van der Waals surface area (Å²) in [4.78, 5) is 0. The summed E-state index contributed by atoms with van der Waals surface area (Å²) >= 11 is 0. The van der Waals surface area contributed by atoms with Crippen molar-refractivity contribution in [2.75, 3.05) is 7.11 Å². The van der Waals surface area contributed by atoms with E-state index in [9.17, 15) is 5.11 Å². The van der Waals surface area contributed by atoms with Crippen LogP contribution in [0.1, 0.15) is 5.56 Å². The molecule has 3 heteroatoms. The van der Waals surface area contributed by atoms with Crippen molar-refractivity contribution in [3.8, 4) is 28.2 Å². The first-order valence-electron chi connectivity index (χ1n) is 6.74. The summed E-state index contributed by atoms with van der Waals surface area (Å²) in [6.07, 6.45) is 1.65. The Labute approximate surface area is 123 Å². The van der Waals surface area contributed by atoms with E-state index in [1.807, 2.05) is 54.6 Å². The predicted molar refractivity (Wildman–Crippen MR) is 82.1 cm³/mol. The zero-order valence-corrected chi connectivity index (χ0v) is 11.7. The Morgan fingerprint density at radius 3 is 2.57 bits per heavy atom. The molecule has 0 saturated heterocycles. The first-order valence-corrected chi connectivity index (χ1v) is 6.74. The number of benzene rings is 2. The standard InChI is InChI=1S/C18H16O3/c1-20-18-9-8-13(17-7-4-10-21-17)11-16(18)15-6-3-2-5-14(15)12-19/h2-11,19H,12H2,1H3. The SMILES string of the molecule is COc1ccc(-c2ccco2)cc1-c1ccccc1CO. The van der Waals surface area contributed by atoms with Gasteiger partial charge < -0.3 is 14.3 Å². The number of hydrogen-bond acceptors (Lipinski definition) is 3. The van der Waals surface area contributed by atoms with E-state index < -0.39 is 0 Å². The summed E-state index contributed by atoms with van der Waals surface area (Å²) < 4.78 is 10.9. The lowest BCUT2D eigenvalue weighted by atomic mass is 9.97. The highest BCUT2D eigenvalue weighted by molar-refractivity contribution is 5.78. The fraction of sp³-hybridized carbons (Fsp3) is 0.111. The first-order chi connectivity index (χ1) is 10.3. The summed E-state index contributed by atoms with van der Waals surface area (Å²) in [5, 5.41) is 9.54. The van der Waals surface area contributed by atoms with Crippen LogP contribution in [0.2, 0.25) is 0 Å². The number of hydrogen-bond donors (Lipinski definition) is 1. The molecule has 3 aromatic rings. The van der Waals surface area contributed by atoms with Gasteiger partial charge in [0, 0.05) is 11.1 Å². The third-order valence-electron chi connectivity index (χ3n) is 3.48. The van der Waals surface area contributed by atoms with Crippen molar-refractivity contribution in [3.05, 3.63) is 66.4 Å². The minimum absolute atomic E-state index is 0.00962. The van der Waals surface area contributed by atoms with Gasteiger partial charge in [-0.25, -0.2) is 0 Å². The molecule has 2 aromatic carbocycles. The van der Waals surface area contributed by atoms with Gasteiger partial charge in [0.05, 0.1) is 20.0 Å². The van der Waals surface area contributed by atoms with Crippen LogP contribution in [0.5, 0.6) is 5.75 Å². The Kier molecular flexibility index (Phi) is 3.75. The quantitative estimate of drug-likeness (QED) is 0.782. The van der Waals surface area contributed by atoms with Gasteiger partial charge in [0.15, 0.2) is 0 Å². The zero-order valence-electron chi connectivity index (χ0n) is 11.7. The second kappa shape index (κ2) is 5.85. The van der Waals surface area contributed by atoms with Crippen LogP contribution in [-0.4, -0.2) is 12.2 Å². The summed E-state index contributed by atoms with van der Waals surface area (Å²) in [6.45, 7) is -0.00962. The van der Waals surface area contributed by atoms with Crippen LogP contribution in [-0.2, 0) is 6.61 Å². The number of aliphatic hydroxyl groups excluding tert-OH is 1. The van der Waals surface area contributed by atoms with Gasteiger partial charge >= 0.3 is 0 Å². The van der Waals surface area contributed by atoms with Crippen LogP contribution in [0.15, 0.2) is 65.3 Å². The first kappa shape index (κ1) is 13.5. The molecule has 0 aliphatic carbocycles. The van der Waals surface area contributed by atoms with Crippen LogP contribution in [0.25, 0.3) is 22.5 Å². The van der Waals surface area contributed by atoms with Crippen LogP contribution < -0.4 is 4.74 Å². The van der Waals surface area contributed by atoms with E-state index in [0.29, 0.717) is 0 Å². The van der Waals surface area contributed by atoms with E-state index in [1.54, 1.807) is 13.4 Å². The Balaban J connectivity index is 2.18. The molecular weight excluding hydrogens is 264 g/mol. The average molecular weight is 280 g/mol. The molecule has 1 aromatic heterocycles. The molecule has 3 rings (SSSR count). The maximum Gasteiger partial charge on any atom is 0.133 e. The molecule has 0 saturated carbocycles. The maximum absolute atomic E-state index is 9.54. The minimum atomic E-state index is -0.00962. The topological polar surface area (TPSA) is 42.6 Å². The molecule has 21 heavy (non-hydrogen) atoms. The Morgan fingerprint density at radius 2 is 1.86 bits per heavy atom. The van der Waals surface area contributed by atoms with Crippen LogP contribution in [0.3, 0.4) is 0 Å². The van der Waals surface area contributed by atoms with E-state index >= 15 is 0 Å². The lowest BCUT2D eigenvalue weighted by molar-refractivity contribution is 0.282. The molecule has 1 heterocycles. The third kappa shape index (κ3) is 2.56. The summed E-state index contributed by atoms with van der Waals surface area (Å²) in [6, 6.07) is 17.4. The number of rotatable bonds is 4. The maximum atomic E-state index is 9.54. The Morgan fingerprint density at radius 1 is 1.00 bits per heavy atom. The van der Waals surface area contributed by atoms with Gasteiger partial charge in [-0.2, -0.15) is 0 Å². The molecule has 0 atom stereocenters. The number of ether oxygens (including phenoxy) is 1. The highest BCUT2D eigenvalue weighted by Gasteiger charge is 2.12.